The average Bonchev–Trinajstić information content (AvgIpc) is 3.12. The lowest BCUT2D eigenvalue weighted by molar-refractivity contribution is -0.137. The van der Waals surface area contributed by atoms with E-state index in [4.69, 9.17) is 0 Å². The number of benzene rings is 1. The lowest BCUT2D eigenvalue weighted by Crippen LogP contribution is -2.31. The van der Waals surface area contributed by atoms with Gasteiger partial charge in [0.1, 0.15) is 0 Å². The molecule has 1 heterocycles. The minimum absolute atomic E-state index is 0.0164. The van der Waals surface area contributed by atoms with Crippen LogP contribution in [-0.4, -0.2) is 19.0 Å². The van der Waals surface area contributed by atoms with Crippen LogP contribution in [0.5, 0.6) is 0 Å². The molecule has 1 aromatic carbocycles. The van der Waals surface area contributed by atoms with Crippen LogP contribution >= 0.6 is 0 Å². The molecular formula is C15H17F3N2O. The van der Waals surface area contributed by atoms with Crippen molar-refractivity contribution in [3.63, 3.8) is 0 Å². The van der Waals surface area contributed by atoms with E-state index in [2.05, 4.69) is 10.6 Å². The van der Waals surface area contributed by atoms with Gasteiger partial charge in [0.2, 0.25) is 5.91 Å². The summed E-state index contributed by atoms with van der Waals surface area (Å²) < 4.78 is 38.7. The van der Waals surface area contributed by atoms with Gasteiger partial charge in [-0.1, -0.05) is 12.1 Å². The molecule has 1 aromatic rings. The number of anilines is 1. The van der Waals surface area contributed by atoms with Gasteiger partial charge in [0.05, 0.1) is 11.3 Å². The number of carbonyl (C=O) groups excluding carboxylic acids is 1. The van der Waals surface area contributed by atoms with Crippen molar-refractivity contribution in [3.8, 4) is 0 Å². The van der Waals surface area contributed by atoms with Crippen LogP contribution in [0.4, 0.5) is 18.9 Å². The molecule has 3 rings (SSSR count). The first-order chi connectivity index (χ1) is 9.92. The zero-order valence-corrected chi connectivity index (χ0v) is 11.5. The molecule has 21 heavy (non-hydrogen) atoms. The van der Waals surface area contributed by atoms with Gasteiger partial charge in [-0.2, -0.15) is 13.2 Å². The minimum Gasteiger partial charge on any atom is -0.325 e. The molecule has 1 spiro atoms. The fourth-order valence-electron chi connectivity index (χ4n) is 3.25. The summed E-state index contributed by atoms with van der Waals surface area (Å²) in [4.78, 5) is 12.2. The lowest BCUT2D eigenvalue weighted by atomic mass is 9.91. The van der Waals surface area contributed by atoms with Crippen molar-refractivity contribution < 1.29 is 18.0 Å². The average molecular weight is 298 g/mol. The summed E-state index contributed by atoms with van der Waals surface area (Å²) >= 11 is 0. The summed E-state index contributed by atoms with van der Waals surface area (Å²) in [5.74, 6) is -0.436. The summed E-state index contributed by atoms with van der Waals surface area (Å²) in [5, 5.41) is 5.71. The highest BCUT2D eigenvalue weighted by atomic mass is 19.4. The lowest BCUT2D eigenvalue weighted by Gasteiger charge is -2.23. The first kappa shape index (κ1) is 14.4. The maximum Gasteiger partial charge on any atom is 0.418 e. The SMILES string of the molecule is O=C(Nc1ccccc1C(F)(F)F)C1CC12CCNCC2. The number of nitrogens with one attached hydrogen (secondary N) is 2. The Morgan fingerprint density at radius 2 is 1.90 bits per heavy atom. The number of carbonyl (C=O) groups is 1. The van der Waals surface area contributed by atoms with Gasteiger partial charge in [0, 0.05) is 5.92 Å². The first-order valence-corrected chi connectivity index (χ1v) is 7.10. The molecule has 0 aromatic heterocycles. The maximum absolute atomic E-state index is 12.9. The molecule has 0 radical (unpaired) electrons. The van der Waals surface area contributed by atoms with Crippen LogP contribution in [0.3, 0.4) is 0 Å². The molecule has 1 atom stereocenters. The largest absolute Gasteiger partial charge is 0.418 e. The van der Waals surface area contributed by atoms with E-state index in [-0.39, 0.29) is 22.9 Å². The van der Waals surface area contributed by atoms with Gasteiger partial charge in [0.25, 0.3) is 0 Å². The highest BCUT2D eigenvalue weighted by Crippen LogP contribution is 2.58. The highest BCUT2D eigenvalue weighted by Gasteiger charge is 2.57. The maximum atomic E-state index is 12.9. The summed E-state index contributed by atoms with van der Waals surface area (Å²) in [5.41, 5.74) is -0.924. The number of para-hydroxylation sites is 1. The Morgan fingerprint density at radius 1 is 1.24 bits per heavy atom. The number of piperidine rings is 1. The second kappa shape index (κ2) is 5.02. The molecule has 1 amide bonds. The van der Waals surface area contributed by atoms with Gasteiger partial charge in [-0.3, -0.25) is 4.79 Å². The van der Waals surface area contributed by atoms with Gasteiger partial charge in [-0.25, -0.2) is 0 Å². The van der Waals surface area contributed by atoms with Gasteiger partial charge < -0.3 is 10.6 Å². The predicted molar refractivity (Wildman–Crippen MR) is 72.7 cm³/mol. The Labute approximate surface area is 120 Å². The Kier molecular flexibility index (Phi) is 3.43. The number of alkyl halides is 3. The Bertz CT molecular complexity index is 550. The van der Waals surface area contributed by atoms with E-state index < -0.39 is 11.7 Å². The van der Waals surface area contributed by atoms with E-state index in [1.54, 1.807) is 0 Å². The molecule has 1 aliphatic carbocycles. The topological polar surface area (TPSA) is 41.1 Å². The van der Waals surface area contributed by atoms with Crippen molar-refractivity contribution in [1.29, 1.82) is 0 Å². The second-order valence-corrected chi connectivity index (χ2v) is 5.90. The number of amides is 1. The molecule has 114 valence electrons. The van der Waals surface area contributed by atoms with Gasteiger partial charge >= 0.3 is 6.18 Å². The predicted octanol–water partition coefficient (Wildman–Crippen LogP) is 3.03. The molecule has 1 aliphatic heterocycles. The monoisotopic (exact) mass is 298 g/mol. The van der Waals surface area contributed by atoms with Crippen LogP contribution in [0, 0.1) is 11.3 Å². The van der Waals surface area contributed by atoms with Crippen molar-refractivity contribution in [2.24, 2.45) is 11.3 Å². The summed E-state index contributed by atoms with van der Waals surface area (Å²) in [6.07, 6.45) is -1.83. The highest BCUT2D eigenvalue weighted by molar-refractivity contribution is 5.95. The molecular weight excluding hydrogens is 281 g/mol. The molecule has 3 nitrogen and oxygen atoms in total. The molecule has 1 unspecified atom stereocenters. The molecule has 6 heteroatoms. The molecule has 2 fully saturated rings. The van der Waals surface area contributed by atoms with Crippen molar-refractivity contribution >= 4 is 11.6 Å². The molecule has 2 N–H and O–H groups in total. The number of hydrogen-bond donors (Lipinski definition) is 2. The van der Waals surface area contributed by atoms with Crippen molar-refractivity contribution in [1.82, 2.24) is 5.32 Å². The fourth-order valence-corrected chi connectivity index (χ4v) is 3.25. The summed E-state index contributed by atoms with van der Waals surface area (Å²) in [7, 11) is 0. The van der Waals surface area contributed by atoms with Gasteiger partial charge in [0.15, 0.2) is 0 Å². The zero-order valence-electron chi connectivity index (χ0n) is 11.5. The Balaban J connectivity index is 1.72. The minimum atomic E-state index is -4.46. The van der Waals surface area contributed by atoms with E-state index in [1.165, 1.54) is 18.2 Å². The van der Waals surface area contributed by atoms with Crippen LogP contribution in [0.25, 0.3) is 0 Å². The van der Waals surface area contributed by atoms with Gasteiger partial charge in [-0.05, 0) is 49.9 Å². The summed E-state index contributed by atoms with van der Waals surface area (Å²) in [6, 6.07) is 5.11. The van der Waals surface area contributed by atoms with Crippen LogP contribution in [-0.2, 0) is 11.0 Å². The van der Waals surface area contributed by atoms with Crippen LogP contribution in [0.2, 0.25) is 0 Å². The van der Waals surface area contributed by atoms with Crippen LogP contribution in [0.15, 0.2) is 24.3 Å². The van der Waals surface area contributed by atoms with E-state index in [1.807, 2.05) is 0 Å². The van der Waals surface area contributed by atoms with E-state index >= 15 is 0 Å². The third kappa shape index (κ3) is 2.77. The second-order valence-electron chi connectivity index (χ2n) is 5.90. The molecule has 2 aliphatic rings. The van der Waals surface area contributed by atoms with E-state index in [0.29, 0.717) is 0 Å². The van der Waals surface area contributed by atoms with Crippen LogP contribution in [0.1, 0.15) is 24.8 Å². The Morgan fingerprint density at radius 3 is 2.57 bits per heavy atom. The molecule has 0 bridgehead atoms. The van der Waals surface area contributed by atoms with E-state index in [0.717, 1.165) is 38.4 Å². The first-order valence-electron chi connectivity index (χ1n) is 7.10. The third-order valence-electron chi connectivity index (χ3n) is 4.60. The summed E-state index contributed by atoms with van der Waals surface area (Å²) in [6.45, 7) is 1.76. The standard InChI is InChI=1S/C15H17F3N2O/c16-15(17,18)10-3-1-2-4-12(10)20-13(21)11-9-14(11)5-7-19-8-6-14/h1-4,11,19H,5-9H2,(H,20,21). The number of hydrogen-bond acceptors (Lipinski definition) is 2. The molecule has 1 saturated carbocycles. The van der Waals surface area contributed by atoms with Crippen LogP contribution < -0.4 is 10.6 Å². The quantitative estimate of drug-likeness (QED) is 0.881. The number of halogens is 3. The smallest absolute Gasteiger partial charge is 0.325 e. The van der Waals surface area contributed by atoms with E-state index in [9.17, 15) is 18.0 Å². The molecule has 1 saturated heterocycles. The van der Waals surface area contributed by atoms with Gasteiger partial charge in [-0.15, -0.1) is 0 Å². The zero-order chi connectivity index (χ0) is 15.1. The van der Waals surface area contributed by atoms with Crippen molar-refractivity contribution in [2.45, 2.75) is 25.4 Å². The van der Waals surface area contributed by atoms with Crippen molar-refractivity contribution in [3.05, 3.63) is 29.8 Å². The Hall–Kier alpha value is -1.56. The van der Waals surface area contributed by atoms with Crippen molar-refractivity contribution in [2.75, 3.05) is 18.4 Å². The fraction of sp³-hybridized carbons (Fsp3) is 0.533. The third-order valence-corrected chi connectivity index (χ3v) is 4.60. The normalized spacial score (nSPS) is 23.9. The number of rotatable bonds is 2.